The lowest BCUT2D eigenvalue weighted by Gasteiger charge is -2.21. The van der Waals surface area contributed by atoms with E-state index in [4.69, 9.17) is 17.3 Å². The van der Waals surface area contributed by atoms with E-state index in [0.717, 1.165) is 27.8 Å². The van der Waals surface area contributed by atoms with Gasteiger partial charge in [-0.15, -0.1) is 0 Å². The molecule has 2 saturated heterocycles. The first kappa shape index (κ1) is 23.9. The van der Waals surface area contributed by atoms with Crippen LogP contribution in [0, 0.1) is 0 Å². The second-order valence-corrected chi connectivity index (χ2v) is 9.33. The Morgan fingerprint density at radius 2 is 1.91 bits per heavy atom. The summed E-state index contributed by atoms with van der Waals surface area (Å²) < 4.78 is 0.267. The minimum atomic E-state index is -0.918. The number of hydrogen-bond donors (Lipinski definition) is 1. The zero-order chi connectivity index (χ0) is 23.3. The van der Waals surface area contributed by atoms with Crippen LogP contribution in [0.4, 0.5) is 0 Å². The Balaban J connectivity index is 1.65. The summed E-state index contributed by atoms with van der Waals surface area (Å²) in [5.41, 5.74) is 1.88. The SMILES string of the molecule is CC(=C/c1ccccc1)/C=C1/SC(=S)N([C@H]2CC(=O)N(CCCCCC(=O)O)C2=O)C1=O. The number of thiocarbonyl (C=S) groups is 1. The van der Waals surface area contributed by atoms with Crippen LogP contribution in [0.2, 0.25) is 0 Å². The smallest absolute Gasteiger partial charge is 0.303 e. The molecule has 2 heterocycles. The molecule has 1 N–H and O–H groups in total. The quantitative estimate of drug-likeness (QED) is 0.254. The van der Waals surface area contributed by atoms with Crippen molar-refractivity contribution in [2.45, 2.75) is 45.1 Å². The maximum absolute atomic E-state index is 13.0. The molecule has 0 aliphatic carbocycles. The van der Waals surface area contributed by atoms with Crippen molar-refractivity contribution in [3.63, 3.8) is 0 Å². The van der Waals surface area contributed by atoms with Gasteiger partial charge < -0.3 is 5.11 Å². The monoisotopic (exact) mass is 472 g/mol. The highest BCUT2D eigenvalue weighted by molar-refractivity contribution is 8.26. The molecule has 32 heavy (non-hydrogen) atoms. The molecule has 1 atom stereocenters. The van der Waals surface area contributed by atoms with Crippen LogP contribution in [0.15, 0.2) is 46.9 Å². The molecule has 1 aromatic rings. The molecule has 0 unspecified atom stereocenters. The van der Waals surface area contributed by atoms with Gasteiger partial charge in [0.15, 0.2) is 0 Å². The number of likely N-dealkylation sites (tertiary alicyclic amines) is 1. The van der Waals surface area contributed by atoms with E-state index >= 15 is 0 Å². The predicted octanol–water partition coefficient (Wildman–Crippen LogP) is 3.61. The van der Waals surface area contributed by atoms with Gasteiger partial charge in [0.25, 0.3) is 11.8 Å². The average molecular weight is 473 g/mol. The first-order valence-corrected chi connectivity index (χ1v) is 11.6. The summed E-state index contributed by atoms with van der Waals surface area (Å²) in [6.07, 6.45) is 5.28. The molecule has 3 amide bonds. The molecule has 9 heteroatoms. The molecule has 2 aliphatic rings. The maximum atomic E-state index is 13.0. The van der Waals surface area contributed by atoms with E-state index in [2.05, 4.69) is 0 Å². The van der Waals surface area contributed by atoms with Gasteiger partial charge in [0.1, 0.15) is 10.4 Å². The van der Waals surface area contributed by atoms with Crippen molar-refractivity contribution in [1.82, 2.24) is 9.80 Å². The van der Waals surface area contributed by atoms with Crippen molar-refractivity contribution in [1.29, 1.82) is 0 Å². The zero-order valence-corrected chi connectivity index (χ0v) is 19.3. The van der Waals surface area contributed by atoms with Crippen molar-refractivity contribution in [3.8, 4) is 0 Å². The van der Waals surface area contributed by atoms with Crippen molar-refractivity contribution in [2.75, 3.05) is 6.54 Å². The van der Waals surface area contributed by atoms with Crippen LogP contribution >= 0.6 is 24.0 Å². The number of unbranched alkanes of at least 4 members (excludes halogenated alkanes) is 2. The number of amides is 3. The average Bonchev–Trinajstić information content (AvgIpc) is 3.16. The third-order valence-electron chi connectivity index (χ3n) is 5.18. The molecule has 3 rings (SSSR count). The molecule has 1 aromatic carbocycles. The Hall–Kier alpha value is -2.78. The Bertz CT molecular complexity index is 1000. The predicted molar refractivity (Wildman–Crippen MR) is 126 cm³/mol. The van der Waals surface area contributed by atoms with E-state index < -0.39 is 17.9 Å². The lowest BCUT2D eigenvalue weighted by Crippen LogP contribution is -2.44. The summed E-state index contributed by atoms with van der Waals surface area (Å²) in [5, 5.41) is 8.69. The number of carbonyl (C=O) groups excluding carboxylic acids is 3. The van der Waals surface area contributed by atoms with Gasteiger partial charge in [0.05, 0.1) is 11.3 Å². The summed E-state index contributed by atoms with van der Waals surface area (Å²) in [6, 6.07) is 8.79. The lowest BCUT2D eigenvalue weighted by molar-refractivity contribution is -0.141. The Morgan fingerprint density at radius 3 is 2.59 bits per heavy atom. The molecular weight excluding hydrogens is 448 g/mol. The fraction of sp³-hybridized carbons (Fsp3) is 0.348. The number of aliphatic carboxylic acids is 1. The largest absolute Gasteiger partial charge is 0.481 e. The summed E-state index contributed by atoms with van der Waals surface area (Å²) in [5.74, 6) is -2.00. The van der Waals surface area contributed by atoms with Crippen molar-refractivity contribution in [3.05, 3.63) is 52.4 Å². The van der Waals surface area contributed by atoms with Crippen molar-refractivity contribution >= 4 is 58.1 Å². The number of hydrogen-bond acceptors (Lipinski definition) is 6. The second-order valence-electron chi connectivity index (χ2n) is 7.66. The van der Waals surface area contributed by atoms with E-state index in [0.29, 0.717) is 24.2 Å². The van der Waals surface area contributed by atoms with Gasteiger partial charge in [-0.25, -0.2) is 0 Å². The van der Waals surface area contributed by atoms with Crippen LogP contribution in [0.3, 0.4) is 0 Å². The van der Waals surface area contributed by atoms with Crippen LogP contribution in [0.5, 0.6) is 0 Å². The molecule has 2 fully saturated rings. The van der Waals surface area contributed by atoms with E-state index in [-0.39, 0.29) is 35.5 Å². The maximum Gasteiger partial charge on any atom is 0.303 e. The van der Waals surface area contributed by atoms with Gasteiger partial charge in [0, 0.05) is 13.0 Å². The minimum absolute atomic E-state index is 0.0610. The molecule has 0 spiro atoms. The van der Waals surface area contributed by atoms with Crippen LogP contribution in [-0.4, -0.2) is 55.5 Å². The number of carbonyl (C=O) groups is 4. The topological polar surface area (TPSA) is 95.0 Å². The van der Waals surface area contributed by atoms with Gasteiger partial charge >= 0.3 is 5.97 Å². The highest BCUT2D eigenvalue weighted by Crippen LogP contribution is 2.36. The van der Waals surface area contributed by atoms with E-state index in [1.54, 1.807) is 6.08 Å². The van der Waals surface area contributed by atoms with Gasteiger partial charge in [-0.1, -0.05) is 66.8 Å². The van der Waals surface area contributed by atoms with Crippen molar-refractivity contribution < 1.29 is 24.3 Å². The van der Waals surface area contributed by atoms with Gasteiger partial charge in [0.2, 0.25) is 5.91 Å². The third kappa shape index (κ3) is 5.72. The number of benzene rings is 1. The van der Waals surface area contributed by atoms with Gasteiger partial charge in [-0.3, -0.25) is 29.0 Å². The van der Waals surface area contributed by atoms with E-state index in [1.165, 1.54) is 4.90 Å². The first-order chi connectivity index (χ1) is 15.3. The third-order valence-corrected chi connectivity index (χ3v) is 6.51. The number of thioether (sulfide) groups is 1. The Morgan fingerprint density at radius 1 is 1.19 bits per heavy atom. The number of rotatable bonds is 9. The van der Waals surface area contributed by atoms with Crippen LogP contribution < -0.4 is 0 Å². The van der Waals surface area contributed by atoms with Crippen LogP contribution in [-0.2, 0) is 19.2 Å². The fourth-order valence-electron chi connectivity index (χ4n) is 3.63. The van der Waals surface area contributed by atoms with Crippen LogP contribution in [0.1, 0.15) is 44.6 Å². The highest BCUT2D eigenvalue weighted by Gasteiger charge is 2.48. The fourth-order valence-corrected chi connectivity index (χ4v) is 5.04. The second kappa shape index (κ2) is 10.7. The molecule has 7 nitrogen and oxygen atoms in total. The van der Waals surface area contributed by atoms with Gasteiger partial charge in [-0.05, 0) is 37.0 Å². The normalized spacial score (nSPS) is 20.7. The highest BCUT2D eigenvalue weighted by atomic mass is 32.2. The molecule has 2 aliphatic heterocycles. The van der Waals surface area contributed by atoms with Crippen molar-refractivity contribution in [2.24, 2.45) is 0 Å². The number of imide groups is 1. The van der Waals surface area contributed by atoms with Crippen LogP contribution in [0.25, 0.3) is 6.08 Å². The minimum Gasteiger partial charge on any atom is -0.481 e. The first-order valence-electron chi connectivity index (χ1n) is 10.3. The summed E-state index contributed by atoms with van der Waals surface area (Å²) in [4.78, 5) is 51.7. The molecular formula is C23H24N2O5S2. The molecule has 0 bridgehead atoms. The number of carboxylic acids is 1. The molecule has 0 aromatic heterocycles. The Labute approximate surface area is 196 Å². The summed E-state index contributed by atoms with van der Waals surface area (Å²) >= 11 is 6.49. The molecule has 168 valence electrons. The number of carboxylic acid groups (broad SMARTS) is 1. The standard InChI is InChI=1S/C23H24N2O5S2/c1-15(12-16-8-4-2-5-9-16)13-18-22(30)25(23(31)32-18)17-14-19(26)24(21(17)29)11-7-3-6-10-20(27)28/h2,4-5,8-9,12-13,17H,3,6-7,10-11,14H2,1H3,(H,27,28)/b15-12-,18-13+/t17-/m0/s1. The number of allylic oxidation sites excluding steroid dienone is 2. The lowest BCUT2D eigenvalue weighted by atomic mass is 10.1. The number of nitrogens with zero attached hydrogens (tertiary/aromatic N) is 2. The summed E-state index contributed by atoms with van der Waals surface area (Å²) in [7, 11) is 0. The molecule has 0 saturated carbocycles. The van der Waals surface area contributed by atoms with E-state index in [1.807, 2.05) is 43.3 Å². The summed E-state index contributed by atoms with van der Waals surface area (Å²) in [6.45, 7) is 2.10. The van der Waals surface area contributed by atoms with E-state index in [9.17, 15) is 19.2 Å². The van der Waals surface area contributed by atoms with Gasteiger partial charge in [-0.2, -0.15) is 0 Å². The molecule has 0 radical (unpaired) electrons. The Kier molecular flexibility index (Phi) is 7.98. The zero-order valence-electron chi connectivity index (χ0n) is 17.7.